The van der Waals surface area contributed by atoms with Gasteiger partial charge in [-0.2, -0.15) is 0 Å². The van der Waals surface area contributed by atoms with E-state index >= 15 is 0 Å². The Hall–Kier alpha value is -1.06. The van der Waals surface area contributed by atoms with E-state index in [1.807, 2.05) is 0 Å². The van der Waals surface area contributed by atoms with E-state index in [4.69, 9.17) is 16.3 Å². The lowest BCUT2D eigenvalue weighted by Crippen LogP contribution is -2.36. The fraction of sp³-hybridized carbons (Fsp3) is 0.500. The summed E-state index contributed by atoms with van der Waals surface area (Å²) in [5.74, 6) is 0.671. The lowest BCUT2D eigenvalue weighted by Gasteiger charge is -2.24. The summed E-state index contributed by atoms with van der Waals surface area (Å²) in [7, 11) is 0. The van der Waals surface area contributed by atoms with Crippen LogP contribution in [0.25, 0.3) is 0 Å². The molecule has 0 aromatic heterocycles. The van der Waals surface area contributed by atoms with E-state index in [2.05, 4.69) is 12.2 Å². The normalized spacial score (nSPS) is 18.3. The molecule has 98 valence electrons. The number of unbranched alkanes of at least 4 members (excludes halogenated alkanes) is 1. The van der Waals surface area contributed by atoms with Gasteiger partial charge in [0.25, 0.3) is 0 Å². The van der Waals surface area contributed by atoms with E-state index in [1.54, 1.807) is 18.2 Å². The molecule has 3 nitrogen and oxygen atoms in total. The fourth-order valence-electron chi connectivity index (χ4n) is 2.04. The number of ketones is 1. The van der Waals surface area contributed by atoms with Crippen LogP contribution in [0.3, 0.4) is 0 Å². The third-order valence-electron chi connectivity index (χ3n) is 3.12. The summed E-state index contributed by atoms with van der Waals surface area (Å²) in [6.07, 6.45) is 2.28. The lowest BCUT2D eigenvalue weighted by atomic mass is 9.95. The van der Waals surface area contributed by atoms with E-state index in [0.717, 1.165) is 19.4 Å². The molecule has 1 N–H and O–H groups in total. The summed E-state index contributed by atoms with van der Waals surface area (Å²) in [4.78, 5) is 12.3. The number of hydrogen-bond donors (Lipinski definition) is 1. The first kappa shape index (κ1) is 13.4. The molecule has 1 atom stereocenters. The predicted octanol–water partition coefficient (Wildman–Crippen LogP) is 2.92. The minimum atomic E-state index is -0.104. The number of ether oxygens (including phenoxy) is 1. The van der Waals surface area contributed by atoms with Crippen LogP contribution in [0.15, 0.2) is 18.2 Å². The van der Waals surface area contributed by atoms with Gasteiger partial charge < -0.3 is 10.1 Å². The minimum absolute atomic E-state index is 0.104. The Balaban J connectivity index is 1.99. The van der Waals surface area contributed by atoms with Gasteiger partial charge in [0.2, 0.25) is 0 Å². The van der Waals surface area contributed by atoms with Crippen molar-refractivity contribution in [1.82, 2.24) is 5.32 Å². The van der Waals surface area contributed by atoms with Gasteiger partial charge in [-0.1, -0.05) is 24.9 Å². The first-order valence-electron chi connectivity index (χ1n) is 6.39. The molecular formula is C14H18ClNO2. The van der Waals surface area contributed by atoms with Crippen LogP contribution in [0.1, 0.15) is 30.1 Å². The summed E-state index contributed by atoms with van der Waals surface area (Å²) in [6.45, 7) is 4.22. The minimum Gasteiger partial charge on any atom is -0.492 e. The molecular weight excluding hydrogens is 250 g/mol. The highest BCUT2D eigenvalue weighted by Gasteiger charge is 2.28. The van der Waals surface area contributed by atoms with Crippen molar-refractivity contribution >= 4 is 17.4 Å². The molecule has 18 heavy (non-hydrogen) atoms. The smallest absolute Gasteiger partial charge is 0.174 e. The quantitative estimate of drug-likeness (QED) is 0.834. The van der Waals surface area contributed by atoms with Crippen molar-refractivity contribution in [3.8, 4) is 5.75 Å². The van der Waals surface area contributed by atoms with Crippen molar-refractivity contribution in [1.29, 1.82) is 0 Å². The lowest BCUT2D eigenvalue weighted by molar-refractivity contribution is 0.0830. The molecule has 0 radical (unpaired) electrons. The molecule has 4 heteroatoms. The number of benzene rings is 1. The molecule has 1 aliphatic rings. The first-order chi connectivity index (χ1) is 8.72. The molecule has 1 aromatic carbocycles. The number of nitrogens with one attached hydrogen (secondary N) is 1. The van der Waals surface area contributed by atoms with Crippen LogP contribution < -0.4 is 10.1 Å². The molecule has 0 spiro atoms. The average Bonchev–Trinajstić information content (AvgIpc) is 2.38. The van der Waals surface area contributed by atoms with Gasteiger partial charge in [0.05, 0.1) is 18.1 Å². The zero-order chi connectivity index (χ0) is 13.0. The number of carbonyl (C=O) groups is 1. The largest absolute Gasteiger partial charge is 0.492 e. The van der Waals surface area contributed by atoms with Gasteiger partial charge in [0, 0.05) is 11.6 Å². The van der Waals surface area contributed by atoms with Crippen molar-refractivity contribution in [2.24, 2.45) is 5.92 Å². The van der Waals surface area contributed by atoms with Crippen LogP contribution in [-0.4, -0.2) is 25.5 Å². The number of rotatable bonds is 5. The van der Waals surface area contributed by atoms with Crippen LogP contribution in [0.5, 0.6) is 5.75 Å². The van der Waals surface area contributed by atoms with E-state index < -0.39 is 0 Å². The van der Waals surface area contributed by atoms with Crippen molar-refractivity contribution in [3.05, 3.63) is 28.8 Å². The Morgan fingerprint density at radius 2 is 2.33 bits per heavy atom. The molecule has 0 amide bonds. The van der Waals surface area contributed by atoms with Gasteiger partial charge in [-0.3, -0.25) is 4.79 Å². The molecule has 0 bridgehead atoms. The number of fused-ring (bicyclic) bond motifs is 1. The van der Waals surface area contributed by atoms with Gasteiger partial charge in [0.1, 0.15) is 5.75 Å². The van der Waals surface area contributed by atoms with Crippen molar-refractivity contribution in [3.63, 3.8) is 0 Å². The fourth-order valence-corrected chi connectivity index (χ4v) is 2.21. The van der Waals surface area contributed by atoms with E-state index in [9.17, 15) is 4.79 Å². The molecule has 2 rings (SSSR count). The second-order valence-corrected chi connectivity index (χ2v) is 5.01. The Kier molecular flexibility index (Phi) is 4.61. The molecule has 0 fully saturated rings. The van der Waals surface area contributed by atoms with Crippen molar-refractivity contribution in [2.45, 2.75) is 19.8 Å². The number of Topliss-reactive ketones (excluding diaryl/α,β-unsaturated/α-hetero) is 1. The SMILES string of the molecule is CCCCNCC1COc2ccc(Cl)cc2C1=O. The third kappa shape index (κ3) is 3.03. The second kappa shape index (κ2) is 6.21. The van der Waals surface area contributed by atoms with E-state index in [1.165, 1.54) is 0 Å². The maximum absolute atomic E-state index is 12.3. The molecule has 0 saturated heterocycles. The zero-order valence-electron chi connectivity index (χ0n) is 10.5. The van der Waals surface area contributed by atoms with E-state index in [0.29, 0.717) is 29.5 Å². The Morgan fingerprint density at radius 3 is 3.11 bits per heavy atom. The number of hydrogen-bond acceptors (Lipinski definition) is 3. The van der Waals surface area contributed by atoms with E-state index in [-0.39, 0.29) is 11.7 Å². The Morgan fingerprint density at radius 1 is 1.50 bits per heavy atom. The van der Waals surface area contributed by atoms with Crippen LogP contribution in [0.4, 0.5) is 0 Å². The van der Waals surface area contributed by atoms with Crippen LogP contribution >= 0.6 is 11.6 Å². The molecule has 1 heterocycles. The molecule has 0 aliphatic carbocycles. The first-order valence-corrected chi connectivity index (χ1v) is 6.77. The highest BCUT2D eigenvalue weighted by atomic mass is 35.5. The molecule has 1 unspecified atom stereocenters. The van der Waals surface area contributed by atoms with Gasteiger partial charge in [-0.25, -0.2) is 0 Å². The topological polar surface area (TPSA) is 38.3 Å². The van der Waals surface area contributed by atoms with Crippen molar-refractivity contribution < 1.29 is 9.53 Å². The van der Waals surface area contributed by atoms with Gasteiger partial charge in [-0.05, 0) is 31.2 Å². The summed E-state index contributed by atoms with van der Waals surface area (Å²) >= 11 is 5.91. The zero-order valence-corrected chi connectivity index (χ0v) is 11.3. The van der Waals surface area contributed by atoms with Gasteiger partial charge >= 0.3 is 0 Å². The molecule has 1 aliphatic heterocycles. The van der Waals surface area contributed by atoms with Crippen molar-refractivity contribution in [2.75, 3.05) is 19.7 Å². The van der Waals surface area contributed by atoms with Crippen LogP contribution in [0.2, 0.25) is 5.02 Å². The van der Waals surface area contributed by atoms with Gasteiger partial charge in [0.15, 0.2) is 5.78 Å². The summed E-state index contributed by atoms with van der Waals surface area (Å²) in [5.41, 5.74) is 0.607. The second-order valence-electron chi connectivity index (χ2n) is 4.57. The standard InChI is InChI=1S/C14H18ClNO2/c1-2-3-6-16-8-10-9-18-13-5-4-11(15)7-12(13)14(10)17/h4-5,7,10,16H,2-3,6,8-9H2,1H3. The number of carbonyl (C=O) groups excluding carboxylic acids is 1. The maximum Gasteiger partial charge on any atom is 0.174 e. The molecule has 0 saturated carbocycles. The van der Waals surface area contributed by atoms with Gasteiger partial charge in [-0.15, -0.1) is 0 Å². The Bertz CT molecular complexity index is 434. The summed E-state index contributed by atoms with van der Waals surface area (Å²) in [6, 6.07) is 5.20. The summed E-state index contributed by atoms with van der Waals surface area (Å²) in [5, 5.41) is 3.87. The molecule has 1 aromatic rings. The maximum atomic E-state index is 12.3. The van der Waals surface area contributed by atoms with Crippen LogP contribution in [-0.2, 0) is 0 Å². The average molecular weight is 268 g/mol. The highest BCUT2D eigenvalue weighted by Crippen LogP contribution is 2.29. The Labute approximate surface area is 112 Å². The predicted molar refractivity (Wildman–Crippen MR) is 72.5 cm³/mol. The highest BCUT2D eigenvalue weighted by molar-refractivity contribution is 6.31. The monoisotopic (exact) mass is 267 g/mol. The number of halogens is 1. The summed E-state index contributed by atoms with van der Waals surface area (Å²) < 4.78 is 5.60. The van der Waals surface area contributed by atoms with Crippen LogP contribution in [0, 0.1) is 5.92 Å². The third-order valence-corrected chi connectivity index (χ3v) is 3.35.